The molecule has 0 radical (unpaired) electrons. The second-order valence-electron chi connectivity index (χ2n) is 5.44. The van der Waals surface area contributed by atoms with E-state index in [4.69, 9.17) is 4.74 Å². The summed E-state index contributed by atoms with van der Waals surface area (Å²) < 4.78 is 5.33. The fraction of sp³-hybridized carbons (Fsp3) is 1.00. The summed E-state index contributed by atoms with van der Waals surface area (Å²) in [6.45, 7) is 9.55. The van der Waals surface area contributed by atoms with E-state index < -0.39 is 0 Å². The molecule has 1 N–H and O–H groups in total. The van der Waals surface area contributed by atoms with E-state index in [1.165, 1.54) is 32.1 Å². The lowest BCUT2D eigenvalue weighted by Gasteiger charge is -2.22. The van der Waals surface area contributed by atoms with Crippen LogP contribution in [0.25, 0.3) is 0 Å². The van der Waals surface area contributed by atoms with Crippen LogP contribution in [-0.2, 0) is 4.74 Å². The standard InChI is InChI=1S/C13H27NO/c1-4-15-11-10-14-12-6-5-8-13(2,3)9-7-12/h12,14H,4-11H2,1-3H3. The van der Waals surface area contributed by atoms with Gasteiger partial charge in [0.1, 0.15) is 0 Å². The topological polar surface area (TPSA) is 21.3 Å². The molecule has 0 heterocycles. The number of ether oxygens (including phenoxy) is 1. The molecule has 0 spiro atoms. The Morgan fingerprint density at radius 1 is 1.27 bits per heavy atom. The van der Waals surface area contributed by atoms with Crippen LogP contribution in [0.4, 0.5) is 0 Å². The van der Waals surface area contributed by atoms with E-state index in [-0.39, 0.29) is 0 Å². The molecule has 90 valence electrons. The van der Waals surface area contributed by atoms with Crippen LogP contribution in [0.15, 0.2) is 0 Å². The van der Waals surface area contributed by atoms with E-state index in [0.29, 0.717) is 5.41 Å². The molecule has 0 aromatic rings. The van der Waals surface area contributed by atoms with Crippen molar-refractivity contribution < 1.29 is 4.74 Å². The highest BCUT2D eigenvalue weighted by molar-refractivity contribution is 4.79. The maximum absolute atomic E-state index is 5.33. The molecule has 2 nitrogen and oxygen atoms in total. The third-order valence-corrected chi connectivity index (χ3v) is 3.46. The average Bonchev–Trinajstić information content (AvgIpc) is 2.35. The summed E-state index contributed by atoms with van der Waals surface area (Å²) in [6, 6.07) is 0.729. The zero-order chi connectivity index (χ0) is 11.1. The lowest BCUT2D eigenvalue weighted by atomic mass is 9.85. The molecule has 1 aliphatic carbocycles. The SMILES string of the molecule is CCOCCNC1CCCC(C)(C)CC1. The van der Waals surface area contributed by atoms with E-state index in [2.05, 4.69) is 19.2 Å². The van der Waals surface area contributed by atoms with Gasteiger partial charge in [-0.1, -0.05) is 20.3 Å². The van der Waals surface area contributed by atoms with Gasteiger partial charge in [-0.05, 0) is 38.0 Å². The van der Waals surface area contributed by atoms with Crippen LogP contribution >= 0.6 is 0 Å². The van der Waals surface area contributed by atoms with Crippen molar-refractivity contribution in [1.29, 1.82) is 0 Å². The lowest BCUT2D eigenvalue weighted by Crippen LogP contribution is -2.31. The van der Waals surface area contributed by atoms with Crippen LogP contribution in [0, 0.1) is 5.41 Å². The Kier molecular flexibility index (Phi) is 5.62. The zero-order valence-electron chi connectivity index (χ0n) is 10.6. The third kappa shape index (κ3) is 5.53. The van der Waals surface area contributed by atoms with E-state index in [0.717, 1.165) is 25.8 Å². The quantitative estimate of drug-likeness (QED) is 0.560. The highest BCUT2D eigenvalue weighted by Gasteiger charge is 2.23. The van der Waals surface area contributed by atoms with Gasteiger partial charge in [-0.25, -0.2) is 0 Å². The van der Waals surface area contributed by atoms with Crippen LogP contribution in [0.2, 0.25) is 0 Å². The fourth-order valence-electron chi connectivity index (χ4n) is 2.35. The molecule has 1 fully saturated rings. The summed E-state index contributed by atoms with van der Waals surface area (Å²) in [6.07, 6.45) is 6.80. The van der Waals surface area contributed by atoms with Crippen molar-refractivity contribution in [2.24, 2.45) is 5.41 Å². The average molecular weight is 213 g/mol. The minimum Gasteiger partial charge on any atom is -0.380 e. The molecule has 0 aliphatic heterocycles. The zero-order valence-corrected chi connectivity index (χ0v) is 10.6. The van der Waals surface area contributed by atoms with Crippen LogP contribution in [0.3, 0.4) is 0 Å². The second-order valence-corrected chi connectivity index (χ2v) is 5.44. The molecule has 1 rings (SSSR count). The van der Waals surface area contributed by atoms with E-state index in [9.17, 15) is 0 Å². The fourth-order valence-corrected chi connectivity index (χ4v) is 2.35. The summed E-state index contributed by atoms with van der Waals surface area (Å²) in [5, 5.41) is 3.61. The van der Waals surface area contributed by atoms with Crippen molar-refractivity contribution in [1.82, 2.24) is 5.32 Å². The molecule has 0 aromatic carbocycles. The highest BCUT2D eigenvalue weighted by atomic mass is 16.5. The summed E-state index contributed by atoms with van der Waals surface area (Å²) >= 11 is 0. The predicted octanol–water partition coefficient (Wildman–Crippen LogP) is 2.97. The molecule has 0 saturated heterocycles. The van der Waals surface area contributed by atoms with Crippen molar-refractivity contribution >= 4 is 0 Å². The first-order valence-corrected chi connectivity index (χ1v) is 6.45. The van der Waals surface area contributed by atoms with Crippen molar-refractivity contribution in [2.75, 3.05) is 19.8 Å². The van der Waals surface area contributed by atoms with Crippen LogP contribution in [0.1, 0.15) is 52.9 Å². The van der Waals surface area contributed by atoms with Gasteiger partial charge in [0.25, 0.3) is 0 Å². The van der Waals surface area contributed by atoms with E-state index in [1.54, 1.807) is 0 Å². The maximum Gasteiger partial charge on any atom is 0.0590 e. The first kappa shape index (κ1) is 13.0. The monoisotopic (exact) mass is 213 g/mol. The Balaban J connectivity index is 2.14. The molecule has 0 amide bonds. The largest absolute Gasteiger partial charge is 0.380 e. The summed E-state index contributed by atoms with van der Waals surface area (Å²) in [4.78, 5) is 0. The van der Waals surface area contributed by atoms with Gasteiger partial charge in [-0.3, -0.25) is 0 Å². The van der Waals surface area contributed by atoms with Crippen LogP contribution in [-0.4, -0.2) is 25.8 Å². The second kappa shape index (κ2) is 6.49. The normalized spacial score (nSPS) is 26.2. The number of rotatable bonds is 5. The number of nitrogens with one attached hydrogen (secondary N) is 1. The lowest BCUT2D eigenvalue weighted by molar-refractivity contribution is 0.146. The van der Waals surface area contributed by atoms with Crippen molar-refractivity contribution in [2.45, 2.75) is 58.9 Å². The highest BCUT2D eigenvalue weighted by Crippen LogP contribution is 2.33. The van der Waals surface area contributed by atoms with Gasteiger partial charge in [0.2, 0.25) is 0 Å². The first-order valence-electron chi connectivity index (χ1n) is 6.45. The Labute approximate surface area is 94.8 Å². The Bertz CT molecular complexity index is 168. The van der Waals surface area contributed by atoms with Gasteiger partial charge >= 0.3 is 0 Å². The molecule has 1 aliphatic rings. The van der Waals surface area contributed by atoms with Gasteiger partial charge < -0.3 is 10.1 Å². The minimum absolute atomic E-state index is 0.566. The summed E-state index contributed by atoms with van der Waals surface area (Å²) in [5.41, 5.74) is 0.566. The number of hydrogen-bond donors (Lipinski definition) is 1. The first-order chi connectivity index (χ1) is 7.14. The maximum atomic E-state index is 5.33. The molecular weight excluding hydrogens is 186 g/mol. The molecular formula is C13H27NO. The predicted molar refractivity (Wildman–Crippen MR) is 65.1 cm³/mol. The molecule has 1 saturated carbocycles. The summed E-state index contributed by atoms with van der Waals surface area (Å²) in [7, 11) is 0. The van der Waals surface area contributed by atoms with Crippen LogP contribution < -0.4 is 5.32 Å². The number of hydrogen-bond acceptors (Lipinski definition) is 2. The third-order valence-electron chi connectivity index (χ3n) is 3.46. The van der Waals surface area contributed by atoms with Gasteiger partial charge in [-0.15, -0.1) is 0 Å². The van der Waals surface area contributed by atoms with Crippen LogP contribution in [0.5, 0.6) is 0 Å². The Hall–Kier alpha value is -0.0800. The Morgan fingerprint density at radius 2 is 2.07 bits per heavy atom. The molecule has 2 heteroatoms. The van der Waals surface area contributed by atoms with E-state index >= 15 is 0 Å². The molecule has 0 aromatic heterocycles. The van der Waals surface area contributed by atoms with Crippen molar-refractivity contribution in [3.8, 4) is 0 Å². The summed E-state index contributed by atoms with van der Waals surface area (Å²) in [5.74, 6) is 0. The van der Waals surface area contributed by atoms with Gasteiger partial charge in [0.05, 0.1) is 6.61 Å². The Morgan fingerprint density at radius 3 is 2.80 bits per heavy atom. The molecule has 15 heavy (non-hydrogen) atoms. The van der Waals surface area contributed by atoms with Gasteiger partial charge in [-0.2, -0.15) is 0 Å². The van der Waals surface area contributed by atoms with Crippen molar-refractivity contribution in [3.63, 3.8) is 0 Å². The van der Waals surface area contributed by atoms with Gasteiger partial charge in [0.15, 0.2) is 0 Å². The molecule has 1 unspecified atom stereocenters. The van der Waals surface area contributed by atoms with Crippen molar-refractivity contribution in [3.05, 3.63) is 0 Å². The minimum atomic E-state index is 0.566. The molecule has 0 bridgehead atoms. The van der Waals surface area contributed by atoms with E-state index in [1.807, 2.05) is 6.92 Å². The smallest absolute Gasteiger partial charge is 0.0590 e. The molecule has 1 atom stereocenters. The van der Waals surface area contributed by atoms with Gasteiger partial charge in [0, 0.05) is 19.2 Å².